The quantitative estimate of drug-likeness (QED) is 0.317. The Bertz CT molecular complexity index is 1090. The molecule has 2 aromatic carbocycles. The van der Waals surface area contributed by atoms with E-state index in [0.29, 0.717) is 23.0 Å². The molecule has 0 radical (unpaired) electrons. The lowest BCUT2D eigenvalue weighted by Gasteiger charge is -2.14. The number of nitro benzene ring substituents is 1. The summed E-state index contributed by atoms with van der Waals surface area (Å²) in [6.07, 6.45) is -0.523. The highest BCUT2D eigenvalue weighted by atomic mass is 32.1. The van der Waals surface area contributed by atoms with Crippen LogP contribution in [0.3, 0.4) is 0 Å². The third kappa shape index (κ3) is 3.63. The van der Waals surface area contributed by atoms with E-state index in [-0.39, 0.29) is 5.69 Å². The molecular weight excluding hydrogens is 378 g/mol. The van der Waals surface area contributed by atoms with Crippen LogP contribution in [0.4, 0.5) is 5.69 Å². The number of hydrogen-bond donors (Lipinski definition) is 0. The smallest absolute Gasteiger partial charge is 0.270 e. The van der Waals surface area contributed by atoms with Crippen molar-refractivity contribution in [3.05, 3.63) is 82.0 Å². The molecule has 140 valence electrons. The second-order valence-corrected chi connectivity index (χ2v) is 6.94. The van der Waals surface area contributed by atoms with Gasteiger partial charge in [-0.3, -0.25) is 10.1 Å². The van der Waals surface area contributed by atoms with Crippen LogP contribution in [0.15, 0.2) is 70.6 Å². The van der Waals surface area contributed by atoms with E-state index in [1.54, 1.807) is 13.0 Å². The number of benzene rings is 2. The van der Waals surface area contributed by atoms with Gasteiger partial charge in [-0.05, 0) is 24.4 Å². The van der Waals surface area contributed by atoms with Crippen molar-refractivity contribution in [3.63, 3.8) is 0 Å². The SMILES string of the molecule is C[C@H](Oc1ccc([N+](=O)[O-])cc1-c1cccs1)c1nc(-c2ccccc2)no1. The Morgan fingerprint density at radius 1 is 1.14 bits per heavy atom. The second-order valence-electron chi connectivity index (χ2n) is 6.00. The van der Waals surface area contributed by atoms with Crippen LogP contribution in [-0.4, -0.2) is 15.1 Å². The van der Waals surface area contributed by atoms with E-state index < -0.39 is 11.0 Å². The molecule has 0 aliphatic rings. The van der Waals surface area contributed by atoms with Crippen LogP contribution in [0, 0.1) is 10.1 Å². The highest BCUT2D eigenvalue weighted by Gasteiger charge is 2.20. The van der Waals surface area contributed by atoms with E-state index in [1.165, 1.54) is 23.5 Å². The van der Waals surface area contributed by atoms with Gasteiger partial charge in [0.2, 0.25) is 5.82 Å². The lowest BCUT2D eigenvalue weighted by molar-refractivity contribution is -0.384. The molecule has 1 atom stereocenters. The summed E-state index contributed by atoms with van der Waals surface area (Å²) in [4.78, 5) is 16.0. The summed E-state index contributed by atoms with van der Waals surface area (Å²) in [6, 6.07) is 17.8. The Morgan fingerprint density at radius 3 is 2.68 bits per heavy atom. The van der Waals surface area contributed by atoms with Crippen molar-refractivity contribution < 1.29 is 14.2 Å². The van der Waals surface area contributed by atoms with E-state index in [9.17, 15) is 10.1 Å². The summed E-state index contributed by atoms with van der Waals surface area (Å²) in [5.41, 5.74) is 1.51. The molecule has 2 heterocycles. The monoisotopic (exact) mass is 393 g/mol. The molecule has 0 amide bonds. The average molecular weight is 393 g/mol. The van der Waals surface area contributed by atoms with E-state index in [0.717, 1.165) is 10.4 Å². The van der Waals surface area contributed by atoms with Gasteiger partial charge >= 0.3 is 0 Å². The van der Waals surface area contributed by atoms with Gasteiger partial charge in [-0.1, -0.05) is 41.6 Å². The molecule has 0 aliphatic heterocycles. The number of ether oxygens (including phenoxy) is 1. The van der Waals surface area contributed by atoms with Gasteiger partial charge in [0, 0.05) is 28.1 Å². The van der Waals surface area contributed by atoms with Gasteiger partial charge in [-0.2, -0.15) is 4.98 Å². The molecular formula is C20H15N3O4S. The normalized spacial score (nSPS) is 11.9. The van der Waals surface area contributed by atoms with Crippen LogP contribution in [-0.2, 0) is 0 Å². The number of hydrogen-bond acceptors (Lipinski definition) is 7. The van der Waals surface area contributed by atoms with Crippen molar-refractivity contribution in [2.45, 2.75) is 13.0 Å². The molecule has 4 rings (SSSR count). The van der Waals surface area contributed by atoms with Crippen molar-refractivity contribution in [1.29, 1.82) is 0 Å². The van der Waals surface area contributed by atoms with Crippen LogP contribution in [0.5, 0.6) is 5.75 Å². The molecule has 0 N–H and O–H groups in total. The fraction of sp³-hybridized carbons (Fsp3) is 0.100. The minimum absolute atomic E-state index is 0.00700. The molecule has 28 heavy (non-hydrogen) atoms. The molecule has 2 aromatic heterocycles. The molecule has 0 bridgehead atoms. The summed E-state index contributed by atoms with van der Waals surface area (Å²) in [5, 5.41) is 17.1. The molecule has 0 saturated carbocycles. The van der Waals surface area contributed by atoms with Crippen LogP contribution in [0.1, 0.15) is 18.9 Å². The molecule has 0 spiro atoms. The Morgan fingerprint density at radius 2 is 1.96 bits per heavy atom. The fourth-order valence-electron chi connectivity index (χ4n) is 2.70. The third-order valence-corrected chi connectivity index (χ3v) is 4.99. The van der Waals surface area contributed by atoms with Crippen LogP contribution < -0.4 is 4.74 Å². The van der Waals surface area contributed by atoms with Gasteiger partial charge in [0.1, 0.15) is 5.75 Å². The third-order valence-electron chi connectivity index (χ3n) is 4.09. The number of nitro groups is 1. The number of nitrogens with zero attached hydrogens (tertiary/aromatic N) is 3. The maximum atomic E-state index is 11.2. The Kier molecular flexibility index (Phi) is 4.86. The first-order chi connectivity index (χ1) is 13.6. The first-order valence-corrected chi connectivity index (χ1v) is 9.38. The van der Waals surface area contributed by atoms with Crippen molar-refractivity contribution in [2.24, 2.45) is 0 Å². The van der Waals surface area contributed by atoms with Crippen LogP contribution in [0.2, 0.25) is 0 Å². The predicted molar refractivity (Wildman–Crippen MR) is 105 cm³/mol. The average Bonchev–Trinajstić information content (AvgIpc) is 3.41. The van der Waals surface area contributed by atoms with E-state index in [2.05, 4.69) is 10.1 Å². The van der Waals surface area contributed by atoms with E-state index in [1.807, 2.05) is 47.8 Å². The molecule has 4 aromatic rings. The lowest BCUT2D eigenvalue weighted by Crippen LogP contribution is -2.04. The van der Waals surface area contributed by atoms with E-state index >= 15 is 0 Å². The molecule has 7 nitrogen and oxygen atoms in total. The maximum Gasteiger partial charge on any atom is 0.270 e. The first kappa shape index (κ1) is 17.9. The summed E-state index contributed by atoms with van der Waals surface area (Å²) in [5.74, 6) is 1.32. The lowest BCUT2D eigenvalue weighted by atomic mass is 10.1. The zero-order chi connectivity index (χ0) is 19.5. The fourth-order valence-corrected chi connectivity index (χ4v) is 3.45. The Labute approximate surface area is 164 Å². The molecule has 0 fully saturated rings. The molecule has 0 saturated heterocycles. The van der Waals surface area contributed by atoms with Gasteiger partial charge in [0.15, 0.2) is 6.10 Å². The van der Waals surface area contributed by atoms with Crippen molar-refractivity contribution >= 4 is 17.0 Å². The zero-order valence-corrected chi connectivity index (χ0v) is 15.6. The van der Waals surface area contributed by atoms with Gasteiger partial charge < -0.3 is 9.26 Å². The number of aromatic nitrogens is 2. The highest BCUT2D eigenvalue weighted by molar-refractivity contribution is 7.13. The van der Waals surface area contributed by atoms with E-state index in [4.69, 9.17) is 9.26 Å². The summed E-state index contributed by atoms with van der Waals surface area (Å²) < 4.78 is 11.4. The first-order valence-electron chi connectivity index (χ1n) is 8.50. The van der Waals surface area contributed by atoms with Crippen molar-refractivity contribution in [2.75, 3.05) is 0 Å². The van der Waals surface area contributed by atoms with Gasteiger partial charge in [-0.25, -0.2) is 0 Å². The maximum absolute atomic E-state index is 11.2. The standard InChI is InChI=1S/C20H15N3O4S/c1-13(20-21-19(22-27-20)14-6-3-2-4-7-14)26-17-10-9-15(23(24)25)12-16(17)18-8-5-11-28-18/h2-13H,1H3/t13-/m0/s1. The number of rotatable bonds is 6. The summed E-state index contributed by atoms with van der Waals surface area (Å²) >= 11 is 1.48. The summed E-state index contributed by atoms with van der Waals surface area (Å²) in [6.45, 7) is 1.79. The zero-order valence-electron chi connectivity index (χ0n) is 14.8. The highest BCUT2D eigenvalue weighted by Crippen LogP contribution is 2.38. The number of thiophene rings is 1. The number of non-ortho nitro benzene ring substituents is 1. The van der Waals surface area contributed by atoms with Crippen molar-refractivity contribution in [3.8, 4) is 27.6 Å². The van der Waals surface area contributed by atoms with Crippen molar-refractivity contribution in [1.82, 2.24) is 10.1 Å². The molecule has 0 unspecified atom stereocenters. The second kappa shape index (κ2) is 7.61. The molecule has 8 heteroatoms. The van der Waals surface area contributed by atoms with Crippen LogP contribution in [0.25, 0.3) is 21.8 Å². The van der Waals surface area contributed by atoms with Gasteiger partial charge in [0.05, 0.1) is 4.92 Å². The minimum atomic E-state index is -0.523. The van der Waals surface area contributed by atoms with Crippen LogP contribution >= 0.6 is 11.3 Å². The Hall–Kier alpha value is -3.52. The predicted octanol–water partition coefficient (Wildman–Crippen LogP) is 5.51. The van der Waals surface area contributed by atoms with Gasteiger partial charge in [-0.15, -0.1) is 11.3 Å². The van der Waals surface area contributed by atoms with Gasteiger partial charge in [0.25, 0.3) is 11.6 Å². The molecule has 0 aliphatic carbocycles. The largest absolute Gasteiger partial charge is 0.480 e. The summed E-state index contributed by atoms with van der Waals surface area (Å²) in [7, 11) is 0. The topological polar surface area (TPSA) is 91.3 Å². The minimum Gasteiger partial charge on any atom is -0.480 e. The Balaban J connectivity index is 1.62.